The van der Waals surface area contributed by atoms with Crippen LogP contribution in [0.25, 0.3) is 0 Å². The predicted octanol–water partition coefficient (Wildman–Crippen LogP) is 25.2. The number of aliphatic hydroxyl groups excluding tert-OH is 2. The topological polar surface area (TPSA) is 231 Å². The molecule has 0 aliphatic heterocycles. The van der Waals surface area contributed by atoms with Gasteiger partial charge in [-0.2, -0.15) is 0 Å². The van der Waals surface area contributed by atoms with Crippen molar-refractivity contribution in [1.82, 2.24) is 0 Å². The van der Waals surface area contributed by atoms with E-state index in [4.69, 9.17) is 32.3 Å². The van der Waals surface area contributed by atoms with Gasteiger partial charge >= 0.3 is 33.6 Å². The van der Waals surface area contributed by atoms with E-state index in [1.54, 1.807) is 0 Å². The quantitative estimate of drug-likeness (QED) is 0.0146. The number of carbonyl (C=O) groups excluding carboxylic acids is 3. The smallest absolute Gasteiger partial charge is 0.463 e. The molecule has 0 aliphatic rings. The number of allylic oxidation sites excluding steroid dienone is 24. The van der Waals surface area contributed by atoms with E-state index >= 15 is 0 Å². The fraction of sp³-hybridized carbons (Fsp3) is 0.697. The van der Waals surface area contributed by atoms with E-state index in [1.165, 1.54) is 116 Å². The van der Waals surface area contributed by atoms with Crippen LogP contribution in [-0.2, 0) is 55.8 Å². The maximum absolute atomic E-state index is 13.0. The van der Waals surface area contributed by atoms with Gasteiger partial charge in [-0.25, -0.2) is 9.13 Å². The van der Waals surface area contributed by atoms with E-state index in [-0.39, 0.29) is 19.3 Å². The maximum Gasteiger partial charge on any atom is 0.472 e. The van der Waals surface area contributed by atoms with Crippen LogP contribution in [0.2, 0.25) is 0 Å². The van der Waals surface area contributed by atoms with Crippen molar-refractivity contribution < 1.29 is 75.8 Å². The van der Waals surface area contributed by atoms with E-state index in [0.717, 1.165) is 167 Å². The van der Waals surface area contributed by atoms with E-state index in [2.05, 4.69) is 167 Å². The molecule has 0 saturated heterocycles. The summed E-state index contributed by atoms with van der Waals surface area (Å²) in [6.45, 7) is 2.43. The molecule has 0 bridgehead atoms. The normalized spacial score (nSPS) is 14.6. The van der Waals surface area contributed by atoms with Crippen LogP contribution in [0.3, 0.4) is 0 Å². The highest BCUT2D eigenvalue weighted by Gasteiger charge is 2.29. The first-order valence-electron chi connectivity index (χ1n) is 42.1. The Morgan fingerprint density at radius 1 is 0.271 bits per heavy atom. The number of phosphoric ester groups is 2. The lowest BCUT2D eigenvalue weighted by Gasteiger charge is -2.21. The number of ether oxygens (including phenoxy) is 3. The zero-order chi connectivity index (χ0) is 78.0. The van der Waals surface area contributed by atoms with Gasteiger partial charge in [0.2, 0.25) is 0 Å². The summed E-state index contributed by atoms with van der Waals surface area (Å²) in [5.74, 6) is -1.60. The minimum atomic E-state index is -4.94. The fourth-order valence-electron chi connectivity index (χ4n) is 11.2. The van der Waals surface area contributed by atoms with Crippen LogP contribution in [0, 0.1) is 0 Å². The molecule has 0 heterocycles. The van der Waals surface area contributed by atoms with Gasteiger partial charge in [-0.1, -0.05) is 327 Å². The van der Waals surface area contributed by atoms with Crippen LogP contribution >= 0.6 is 15.6 Å². The second-order valence-electron chi connectivity index (χ2n) is 27.9. The van der Waals surface area contributed by atoms with E-state index < -0.39 is 91.5 Å². The van der Waals surface area contributed by atoms with Gasteiger partial charge in [0, 0.05) is 19.3 Å². The summed E-state index contributed by atoms with van der Waals surface area (Å²) in [6.07, 6.45) is 101. The van der Waals surface area contributed by atoms with Gasteiger partial charge in [0.05, 0.1) is 26.4 Å². The van der Waals surface area contributed by atoms with Crippen LogP contribution in [-0.4, -0.2) is 95.9 Å². The van der Waals surface area contributed by atoms with Gasteiger partial charge in [-0.05, 0) is 141 Å². The van der Waals surface area contributed by atoms with Crippen molar-refractivity contribution in [3.63, 3.8) is 0 Å². The Kier molecular flexibility index (Phi) is 77.5. The second-order valence-corrected chi connectivity index (χ2v) is 30.8. The molecule has 0 spiro atoms. The molecule has 5 unspecified atom stereocenters. The number of hydrogen-bond acceptors (Lipinski definition) is 14. The van der Waals surface area contributed by atoms with Crippen LogP contribution in [0.4, 0.5) is 0 Å². The second kappa shape index (κ2) is 80.9. The molecule has 0 radical (unpaired) electrons. The molecule has 0 rings (SSSR count). The summed E-state index contributed by atoms with van der Waals surface area (Å²) in [5.41, 5.74) is 0. The zero-order valence-corrected chi connectivity index (χ0v) is 69.1. The van der Waals surface area contributed by atoms with E-state index in [0.29, 0.717) is 19.3 Å². The predicted molar refractivity (Wildman–Crippen MR) is 445 cm³/mol. The Labute approximate surface area is 651 Å². The Hall–Kier alpha value is -4.57. The Bertz CT molecular complexity index is 2530. The van der Waals surface area contributed by atoms with Crippen LogP contribution in [0.1, 0.15) is 342 Å². The minimum Gasteiger partial charge on any atom is -0.463 e. The lowest BCUT2D eigenvalue weighted by molar-refractivity contribution is -0.161. The zero-order valence-electron chi connectivity index (χ0n) is 67.3. The highest BCUT2D eigenvalue weighted by molar-refractivity contribution is 7.47. The molecule has 0 aromatic heterocycles. The number of phosphoric acid groups is 2. The fourth-order valence-corrected chi connectivity index (χ4v) is 12.8. The molecule has 5 atom stereocenters. The average Bonchev–Trinajstić information content (AvgIpc) is 0.920. The van der Waals surface area contributed by atoms with Crippen LogP contribution in [0.5, 0.6) is 0 Å². The summed E-state index contributed by atoms with van der Waals surface area (Å²) in [7, 11) is -9.80. The summed E-state index contributed by atoms with van der Waals surface area (Å²) < 4.78 is 61.2. The molecule has 0 amide bonds. The third-order valence-corrected chi connectivity index (χ3v) is 19.4. The Morgan fingerprint density at radius 3 is 0.794 bits per heavy atom. The average molecular weight is 1540 g/mol. The number of hydrogen-bond donors (Lipinski definition) is 4. The first kappa shape index (κ1) is 102. The standard InChI is InChI=1S/C89H152O16P2/c1-4-7-10-13-16-19-22-25-27-29-31-33-35-37-38-39-40-41-42-43-44-46-48-49-51-53-55-58-60-63-66-69-72-75-87(92)99-78-84(90)79-101-106(95,96)102-80-85(91)81-103-107(97,98)104-83-86(105-89(94)77-74-71-68-65-62-57-24-21-18-15-12-9-6-3)82-100-88(93)76-73-70-67-64-61-59-56-54-52-50-47-45-36-34-32-30-28-26-23-20-17-14-11-8-5-2/h7-8,10-11,16-17,19-21,24-28,31-34,37-38,45,47,52,54,84-86,90-91H,4-6,9,12-15,18,22-23,29-30,35-36,39-44,46,48-51,53,55-83H2,1-3H3,(H,95,96)(H,97,98)/b10-7-,11-8-,19-16-,20-17-,24-21-,27-25-,28-26-,33-31-,34-32-,38-37-,47-45-,54-52-. The molecule has 0 aliphatic carbocycles. The number of unbranched alkanes of at least 4 members (excludes halogenated alkanes) is 32. The maximum atomic E-state index is 13.0. The van der Waals surface area contributed by atoms with Gasteiger partial charge in [-0.3, -0.25) is 32.5 Å². The van der Waals surface area contributed by atoms with Gasteiger partial charge in [-0.15, -0.1) is 0 Å². The molecule has 614 valence electrons. The van der Waals surface area contributed by atoms with Gasteiger partial charge in [0.25, 0.3) is 0 Å². The number of aliphatic hydroxyl groups is 2. The molecule has 0 fully saturated rings. The molecule has 0 saturated carbocycles. The monoisotopic (exact) mass is 1540 g/mol. The first-order valence-corrected chi connectivity index (χ1v) is 45.1. The Morgan fingerprint density at radius 2 is 0.495 bits per heavy atom. The molecular formula is C89H152O16P2. The van der Waals surface area contributed by atoms with Crippen molar-refractivity contribution in [3.8, 4) is 0 Å². The van der Waals surface area contributed by atoms with Crippen molar-refractivity contribution in [1.29, 1.82) is 0 Å². The molecule has 0 aromatic carbocycles. The third-order valence-electron chi connectivity index (χ3n) is 17.5. The lowest BCUT2D eigenvalue weighted by Crippen LogP contribution is -2.30. The summed E-state index contributed by atoms with van der Waals surface area (Å²) in [6, 6.07) is 0. The van der Waals surface area contributed by atoms with Crippen molar-refractivity contribution in [2.75, 3.05) is 39.6 Å². The summed E-state index contributed by atoms with van der Waals surface area (Å²) >= 11 is 0. The summed E-state index contributed by atoms with van der Waals surface area (Å²) in [4.78, 5) is 58.7. The minimum absolute atomic E-state index is 0.0884. The van der Waals surface area contributed by atoms with Crippen LogP contribution < -0.4 is 0 Å². The van der Waals surface area contributed by atoms with Gasteiger partial charge in [0.15, 0.2) is 6.10 Å². The largest absolute Gasteiger partial charge is 0.472 e. The van der Waals surface area contributed by atoms with Crippen molar-refractivity contribution in [2.24, 2.45) is 0 Å². The van der Waals surface area contributed by atoms with Crippen molar-refractivity contribution in [2.45, 2.75) is 360 Å². The van der Waals surface area contributed by atoms with Crippen molar-refractivity contribution in [3.05, 3.63) is 146 Å². The molecule has 0 aromatic rings. The number of esters is 3. The van der Waals surface area contributed by atoms with E-state index in [9.17, 15) is 43.5 Å². The molecule has 18 heteroatoms. The van der Waals surface area contributed by atoms with Crippen LogP contribution in [0.15, 0.2) is 146 Å². The molecule has 107 heavy (non-hydrogen) atoms. The first-order chi connectivity index (χ1) is 52.2. The van der Waals surface area contributed by atoms with Gasteiger partial charge < -0.3 is 34.2 Å². The molecule has 16 nitrogen and oxygen atoms in total. The highest BCUT2D eigenvalue weighted by atomic mass is 31.2. The van der Waals surface area contributed by atoms with Crippen molar-refractivity contribution >= 4 is 33.6 Å². The molecular weight excluding hydrogens is 1390 g/mol. The summed E-state index contributed by atoms with van der Waals surface area (Å²) in [5, 5.41) is 20.7. The lowest BCUT2D eigenvalue weighted by atomic mass is 10.0. The van der Waals surface area contributed by atoms with Gasteiger partial charge in [0.1, 0.15) is 25.4 Å². The third kappa shape index (κ3) is 82.2. The highest BCUT2D eigenvalue weighted by Crippen LogP contribution is 2.45. The SMILES string of the molecule is CC/C=C\C/C=C\C/C=C\C/C=C\C/C=C\C/C=C\CCCCCCCCC(=O)OCC(COP(=O)(O)OCC(O)COP(=O)(O)OCC(O)COC(=O)CCCCCCCCCCCCCCCCCCC/C=C\C/C=C\C/C=C\C/C=C\C/C=C\CC)OC(=O)CCCCCCC/C=C\CCCCCC. The number of carbonyl (C=O) groups is 3. The molecule has 4 N–H and O–H groups in total. The van der Waals surface area contributed by atoms with E-state index in [1.807, 2.05) is 0 Å². The number of rotatable bonds is 79. The Balaban J connectivity index is 4.44.